The van der Waals surface area contributed by atoms with E-state index in [1.807, 2.05) is 164 Å². The molecule has 0 saturated carbocycles. The van der Waals surface area contributed by atoms with E-state index in [1.165, 1.54) is 0 Å². The van der Waals surface area contributed by atoms with E-state index in [9.17, 15) is 30.2 Å². The van der Waals surface area contributed by atoms with Gasteiger partial charge in [0.25, 0.3) is 13.4 Å². The molecule has 0 fully saturated rings. The largest absolute Gasteiger partial charge is 0.459 e. The van der Waals surface area contributed by atoms with Crippen LogP contribution < -0.4 is 47.3 Å². The predicted molar refractivity (Wildman–Crippen MR) is 465 cm³/mol. The van der Waals surface area contributed by atoms with E-state index >= 15 is 0 Å². The molecule has 0 atom stereocenters. The molecule has 0 N–H and O–H groups in total. The second-order valence-electron chi connectivity index (χ2n) is 30.9. The van der Waals surface area contributed by atoms with Gasteiger partial charge in [-0.2, -0.15) is 0 Å². The number of para-hydroxylation sites is 2. The Labute approximate surface area is 684 Å². The topological polar surface area (TPSA) is 20.6 Å². The number of nitrogens with zero attached hydrogens (tertiary/aromatic N) is 3. The van der Waals surface area contributed by atoms with Crippen molar-refractivity contribution in [1.82, 2.24) is 4.57 Å². The van der Waals surface area contributed by atoms with Gasteiger partial charge in [-0.15, -0.1) is 0 Å². The molecule has 7 heteroatoms. The molecule has 0 saturated heterocycles. The summed E-state index contributed by atoms with van der Waals surface area (Å²) >= 11 is 0.732. The highest BCUT2D eigenvalue weighted by atomic mass is 32.2. The van der Waals surface area contributed by atoms with Gasteiger partial charge in [-0.1, -0.05) is 328 Å². The van der Waals surface area contributed by atoms with Gasteiger partial charge in [-0.3, -0.25) is 0 Å². The highest BCUT2D eigenvalue weighted by Crippen LogP contribution is 2.57. The minimum absolute atomic E-state index is 0.0924. The van der Waals surface area contributed by atoms with E-state index in [1.54, 1.807) is 0 Å². The Morgan fingerprint density at radius 3 is 1.23 bits per heavy atom. The molecule has 0 unspecified atom stereocenters. The molecule has 522 valence electrons. The molecular formula is C102H81B2N3OS. The fourth-order valence-corrected chi connectivity index (χ4v) is 17.0. The number of ether oxygens (including phenoxy) is 1. The van der Waals surface area contributed by atoms with Gasteiger partial charge in [-0.05, 0) is 183 Å². The number of aromatic nitrogens is 1. The fourth-order valence-electron chi connectivity index (χ4n) is 15.9. The SMILES string of the molecule is [2H]c1c([2H])c([2H])c(-c2c([2H])c([2H])c3c(c2[2H])Oc2c4c(c([2H])c5c2B2c6c(cc(C(C)(C)C)cc6N5c5c(-c6ccccc6)cc(C(C)(C)C)cc5-c5ccccc5)N(c5c(-c6ccccc6)cc(C(C)(C)C)cc5-c5ccccc5)c5c([2H])c(-n6c7c([2H])c([2H])c([2H])c([2H])c7c7c([2H])c([2H])c([2H])c([2H])c76)c([2H])c([2H])c52)Sc2c([2H])c(-c5c([2H])c([2H])c([2H])c([2H])c5[2H])c([2H])c([2H])c2B34)c([2H])c1[2H]. The van der Waals surface area contributed by atoms with Crippen LogP contribution in [0.4, 0.5) is 34.1 Å². The Morgan fingerprint density at radius 1 is 0.330 bits per heavy atom. The first-order valence-electron chi connectivity index (χ1n) is 50.2. The summed E-state index contributed by atoms with van der Waals surface area (Å²) in [5, 5.41) is -0.794. The first-order chi connectivity index (χ1) is 64.7. The quantitative estimate of drug-likeness (QED) is 0.134. The van der Waals surface area contributed by atoms with Crippen molar-refractivity contribution < 1.29 is 43.1 Å². The van der Waals surface area contributed by atoms with Gasteiger partial charge in [0.1, 0.15) is 11.5 Å². The summed E-state index contributed by atoms with van der Waals surface area (Å²) in [5.41, 5.74) is 0.823. The average molecular weight is 1450 g/mol. The molecule has 0 bridgehead atoms. The zero-order chi connectivity index (χ0) is 98.1. The van der Waals surface area contributed by atoms with Crippen LogP contribution in [0, 0.1) is 0 Å². The Bertz CT molecular complexity index is 7870. The van der Waals surface area contributed by atoms with Crippen LogP contribution in [0.3, 0.4) is 0 Å². The maximum atomic E-state index is 12.1. The summed E-state index contributed by atoms with van der Waals surface area (Å²) < 4.78 is 288. The normalized spacial score (nSPS) is 16.9. The van der Waals surface area contributed by atoms with Gasteiger partial charge in [0.05, 0.1) is 60.8 Å². The van der Waals surface area contributed by atoms with Crippen LogP contribution in [0.1, 0.15) is 117 Å². The lowest BCUT2D eigenvalue weighted by Crippen LogP contribution is -2.65. The summed E-state index contributed by atoms with van der Waals surface area (Å²) in [4.78, 5) is 3.46. The molecule has 20 rings (SSSR count). The minimum Gasteiger partial charge on any atom is -0.459 e. The van der Waals surface area contributed by atoms with Crippen molar-refractivity contribution in [1.29, 1.82) is 0 Å². The highest BCUT2D eigenvalue weighted by Gasteiger charge is 2.51. The number of hydrogen-bond donors (Lipinski definition) is 0. The first kappa shape index (κ1) is 43.1. The van der Waals surface area contributed by atoms with Gasteiger partial charge in [0.2, 0.25) is 0 Å². The molecule has 0 amide bonds. The molecule has 1 aromatic heterocycles. The molecule has 0 radical (unpaired) electrons. The maximum Gasteiger partial charge on any atom is 0.256 e. The number of hydrogen-bond acceptors (Lipinski definition) is 4. The van der Waals surface area contributed by atoms with Crippen LogP contribution in [0.15, 0.2) is 337 Å². The lowest BCUT2D eigenvalue weighted by atomic mass is 9.30. The van der Waals surface area contributed by atoms with Crippen LogP contribution in [0.25, 0.3) is 94.3 Å². The zero-order valence-electron chi connectivity index (χ0n) is 88.8. The summed E-state index contributed by atoms with van der Waals surface area (Å²) in [6.45, 7) is 14.9. The highest BCUT2D eigenvalue weighted by molar-refractivity contribution is 8.00. The lowest BCUT2D eigenvalue weighted by Gasteiger charge is -2.48. The monoisotopic (exact) mass is 1450 g/mol. The Kier molecular flexibility index (Phi) is 10.0. The van der Waals surface area contributed by atoms with E-state index < -0.39 is 260 Å². The van der Waals surface area contributed by atoms with E-state index in [4.69, 9.17) is 13.0 Å². The fraction of sp³-hybridized carbons (Fsp3) is 0.118. The molecular weight excluding hydrogens is 1340 g/mol. The second kappa shape index (κ2) is 25.3. The van der Waals surface area contributed by atoms with Crippen molar-refractivity contribution in [2.75, 3.05) is 9.80 Å². The summed E-state index contributed by atoms with van der Waals surface area (Å²) in [6.07, 6.45) is 0. The van der Waals surface area contributed by atoms with Gasteiger partial charge in [0.15, 0.2) is 0 Å². The van der Waals surface area contributed by atoms with Crippen molar-refractivity contribution in [3.63, 3.8) is 0 Å². The third kappa shape index (κ3) is 10.9. The summed E-state index contributed by atoms with van der Waals surface area (Å²) in [5.74, 6) is -0.973. The van der Waals surface area contributed by atoms with Gasteiger partial charge in [-0.25, -0.2) is 0 Å². The van der Waals surface area contributed by atoms with E-state index in [0.717, 1.165) is 27.5 Å². The number of benzene rings is 15. The Hall–Kier alpha value is -12.0. The van der Waals surface area contributed by atoms with Gasteiger partial charge >= 0.3 is 0 Å². The third-order valence-electron chi connectivity index (χ3n) is 21.2. The minimum atomic E-state index is -1.88. The number of rotatable bonds is 9. The average Bonchev–Trinajstić information content (AvgIpc) is 0.862. The van der Waals surface area contributed by atoms with Crippen LogP contribution >= 0.6 is 11.8 Å². The molecule has 4 aliphatic rings. The third-order valence-corrected chi connectivity index (χ3v) is 22.3. The maximum absolute atomic E-state index is 12.1. The predicted octanol–water partition coefficient (Wildman–Crippen LogP) is 23.8. The van der Waals surface area contributed by atoms with Crippen molar-refractivity contribution in [2.45, 2.75) is 88.3 Å². The van der Waals surface area contributed by atoms with Crippen molar-refractivity contribution in [2.24, 2.45) is 0 Å². The van der Waals surface area contributed by atoms with Crippen molar-refractivity contribution in [3.8, 4) is 83.9 Å². The number of fused-ring (bicyclic) bond motifs is 12. The Morgan fingerprint density at radius 2 is 0.752 bits per heavy atom. The van der Waals surface area contributed by atoms with E-state index in [2.05, 4.69) is 65.8 Å². The molecule has 4 aliphatic heterocycles. The molecule has 15 aromatic carbocycles. The van der Waals surface area contributed by atoms with Crippen LogP contribution in [0.2, 0.25) is 0 Å². The van der Waals surface area contributed by atoms with Crippen LogP contribution in [-0.2, 0) is 16.2 Å². The standard InChI is InChI=1S/C102H81B2N3OS/c1-100(2,3)72-56-78(66-36-20-12-21-37-66)97(79(57-72)67-38-22-13-23-39-67)106-87-62-75(105-85-46-30-28-44-76(85)77-45-29-31-47-86(77)105)50-53-82(87)104-94-88(106)60-74(102(7,8)9)61-89(94)107(98-80(68-40-24-14-25-41-68)58-73(101(4,5)6)59-81(98)69-42-26-15-27-43-69)90-63-93-96-99(95(90)104)108-91-54-70(64-32-16-10-17-33-64)48-51-83(91)103(96)84-52-49-71(55-92(84)109-93)65-34-18-11-19-35-65/h10-63H,1-9H3/i10D,11D,16D,17D,18D,19D,28D,29D,30D,31D,32D,33D,34D,35D,44D,45D,46D,47D,48D,49D,50D,51D,52D,53D,54D,55D,62D,63D. The molecule has 0 aliphatic carbocycles. The van der Waals surface area contributed by atoms with Crippen LogP contribution in [0.5, 0.6) is 11.5 Å². The zero-order valence-corrected chi connectivity index (χ0v) is 61.6. The molecule has 16 aromatic rings. The molecule has 0 spiro atoms. The molecule has 109 heavy (non-hydrogen) atoms. The Balaban J connectivity index is 1.07. The first-order valence-corrected chi connectivity index (χ1v) is 37.0. The molecule has 5 heterocycles. The van der Waals surface area contributed by atoms with Crippen molar-refractivity contribution >= 4 is 114 Å². The van der Waals surface area contributed by atoms with Crippen LogP contribution in [-0.4, -0.2) is 18.0 Å². The van der Waals surface area contributed by atoms with E-state index in [0.29, 0.717) is 67.1 Å². The lowest BCUT2D eigenvalue weighted by molar-refractivity contribution is 0.490. The van der Waals surface area contributed by atoms with Crippen molar-refractivity contribution in [3.05, 3.63) is 344 Å². The van der Waals surface area contributed by atoms with Gasteiger partial charge < -0.3 is 19.1 Å². The molecule has 4 nitrogen and oxygen atoms in total. The number of anilines is 6. The second-order valence-corrected chi connectivity index (χ2v) is 32.0. The summed E-state index contributed by atoms with van der Waals surface area (Å²) in [7, 11) is 0. The smallest absolute Gasteiger partial charge is 0.256 e. The van der Waals surface area contributed by atoms with E-state index in [-0.39, 0.29) is 59.9 Å². The summed E-state index contributed by atoms with van der Waals surface area (Å²) in [6, 6.07) is 28.2. The van der Waals surface area contributed by atoms with Gasteiger partial charge in [0, 0.05) is 71.3 Å².